The molecular weight excluding hydrogens is 384 g/mol. The topological polar surface area (TPSA) is 113 Å². The standard InChI is InChI=1S/C20H38O9/c1-5-8-25-16-14-29-18(17(16)27-10-7-22)15(26-9-6-21)13-24-11-12-28-19(23)20(2,3)4/h15-18,21-22H,5-14H2,1-4H3. The summed E-state index contributed by atoms with van der Waals surface area (Å²) in [7, 11) is 0. The lowest BCUT2D eigenvalue weighted by atomic mass is 9.97. The molecule has 0 aromatic carbocycles. The van der Waals surface area contributed by atoms with Crippen molar-refractivity contribution < 1.29 is 43.4 Å². The Morgan fingerprint density at radius 2 is 1.79 bits per heavy atom. The van der Waals surface area contributed by atoms with Gasteiger partial charge in [-0.1, -0.05) is 6.92 Å². The minimum Gasteiger partial charge on any atom is -0.463 e. The number of hydrogen-bond acceptors (Lipinski definition) is 9. The van der Waals surface area contributed by atoms with Crippen LogP contribution in [0.2, 0.25) is 0 Å². The van der Waals surface area contributed by atoms with Gasteiger partial charge in [0.2, 0.25) is 0 Å². The molecule has 29 heavy (non-hydrogen) atoms. The van der Waals surface area contributed by atoms with Crippen molar-refractivity contribution in [1.29, 1.82) is 0 Å². The lowest BCUT2D eigenvalue weighted by molar-refractivity contribution is -0.156. The monoisotopic (exact) mass is 422 g/mol. The van der Waals surface area contributed by atoms with Gasteiger partial charge in [0.05, 0.1) is 51.7 Å². The highest BCUT2D eigenvalue weighted by Gasteiger charge is 2.44. The molecule has 1 aliphatic rings. The Bertz CT molecular complexity index is 438. The minimum atomic E-state index is -0.560. The smallest absolute Gasteiger partial charge is 0.311 e. The number of hydrogen-bond donors (Lipinski definition) is 2. The number of aliphatic hydroxyl groups excluding tert-OH is 2. The van der Waals surface area contributed by atoms with Gasteiger partial charge in [-0.05, 0) is 27.2 Å². The second kappa shape index (κ2) is 14.2. The molecule has 1 aliphatic heterocycles. The summed E-state index contributed by atoms with van der Waals surface area (Å²) in [6.07, 6.45) is -0.778. The van der Waals surface area contributed by atoms with E-state index in [1.807, 2.05) is 6.92 Å². The Labute approximate surface area is 173 Å². The van der Waals surface area contributed by atoms with E-state index in [1.165, 1.54) is 0 Å². The van der Waals surface area contributed by atoms with E-state index in [9.17, 15) is 4.79 Å². The third-order valence-corrected chi connectivity index (χ3v) is 4.23. The predicted octanol–water partition coefficient (Wildman–Crippen LogP) is 0.541. The van der Waals surface area contributed by atoms with Crippen molar-refractivity contribution in [2.75, 3.05) is 59.5 Å². The van der Waals surface area contributed by atoms with Crippen molar-refractivity contribution in [2.24, 2.45) is 5.41 Å². The Kier molecular flexibility index (Phi) is 12.9. The second-order valence-corrected chi connectivity index (χ2v) is 7.86. The molecule has 172 valence electrons. The number of rotatable bonds is 15. The van der Waals surface area contributed by atoms with Crippen LogP contribution in [0.1, 0.15) is 34.1 Å². The van der Waals surface area contributed by atoms with Crippen LogP contribution in [0.3, 0.4) is 0 Å². The fraction of sp³-hybridized carbons (Fsp3) is 0.950. The molecule has 1 heterocycles. The zero-order valence-corrected chi connectivity index (χ0v) is 18.1. The summed E-state index contributed by atoms with van der Waals surface area (Å²) in [5.74, 6) is -0.290. The van der Waals surface area contributed by atoms with Crippen molar-refractivity contribution in [3.05, 3.63) is 0 Å². The first-order valence-corrected chi connectivity index (χ1v) is 10.3. The van der Waals surface area contributed by atoms with E-state index < -0.39 is 23.7 Å². The van der Waals surface area contributed by atoms with E-state index in [2.05, 4.69) is 0 Å². The third-order valence-electron chi connectivity index (χ3n) is 4.23. The van der Waals surface area contributed by atoms with Gasteiger partial charge in [-0.3, -0.25) is 4.79 Å². The van der Waals surface area contributed by atoms with Gasteiger partial charge in [0.1, 0.15) is 31.0 Å². The van der Waals surface area contributed by atoms with Crippen LogP contribution < -0.4 is 0 Å². The summed E-state index contributed by atoms with van der Waals surface area (Å²) < 4.78 is 34.0. The van der Waals surface area contributed by atoms with Crippen molar-refractivity contribution in [2.45, 2.75) is 58.5 Å². The van der Waals surface area contributed by atoms with Crippen molar-refractivity contribution >= 4 is 5.97 Å². The summed E-state index contributed by atoms with van der Waals surface area (Å²) in [5.41, 5.74) is -0.560. The quantitative estimate of drug-likeness (QED) is 0.288. The number of ether oxygens (including phenoxy) is 6. The van der Waals surface area contributed by atoms with E-state index in [4.69, 9.17) is 38.6 Å². The second-order valence-electron chi connectivity index (χ2n) is 7.86. The molecule has 9 nitrogen and oxygen atoms in total. The van der Waals surface area contributed by atoms with Gasteiger partial charge in [0, 0.05) is 6.61 Å². The Morgan fingerprint density at radius 3 is 2.41 bits per heavy atom. The van der Waals surface area contributed by atoms with E-state index >= 15 is 0 Å². The summed E-state index contributed by atoms with van der Waals surface area (Å²) in [6.45, 7) is 8.88. The predicted molar refractivity (Wildman–Crippen MR) is 105 cm³/mol. The Morgan fingerprint density at radius 1 is 1.07 bits per heavy atom. The number of carbonyl (C=O) groups is 1. The van der Waals surface area contributed by atoms with Crippen molar-refractivity contribution in [1.82, 2.24) is 0 Å². The van der Waals surface area contributed by atoms with Crippen LogP contribution in [0, 0.1) is 5.41 Å². The maximum Gasteiger partial charge on any atom is 0.311 e. The molecule has 0 amide bonds. The lowest BCUT2D eigenvalue weighted by Crippen LogP contribution is -2.45. The highest BCUT2D eigenvalue weighted by molar-refractivity contribution is 5.75. The molecule has 4 atom stereocenters. The fourth-order valence-electron chi connectivity index (χ4n) is 2.78. The molecule has 0 spiro atoms. The van der Waals surface area contributed by atoms with Gasteiger partial charge in [-0.15, -0.1) is 0 Å². The molecular formula is C20H38O9. The normalized spacial score (nSPS) is 23.3. The summed E-state index contributed by atoms with van der Waals surface area (Å²) in [6, 6.07) is 0. The van der Waals surface area contributed by atoms with E-state index in [1.54, 1.807) is 20.8 Å². The summed E-state index contributed by atoms with van der Waals surface area (Å²) in [5, 5.41) is 18.2. The summed E-state index contributed by atoms with van der Waals surface area (Å²) >= 11 is 0. The average molecular weight is 423 g/mol. The van der Waals surface area contributed by atoms with Crippen LogP contribution in [-0.2, 0) is 33.2 Å². The molecule has 0 radical (unpaired) electrons. The van der Waals surface area contributed by atoms with Gasteiger partial charge < -0.3 is 38.6 Å². The Hall–Kier alpha value is -0.810. The first-order valence-electron chi connectivity index (χ1n) is 10.3. The molecule has 4 unspecified atom stereocenters. The van der Waals surface area contributed by atoms with Crippen LogP contribution in [-0.4, -0.2) is 100 Å². The number of carbonyl (C=O) groups excluding carboxylic acids is 1. The molecule has 0 saturated carbocycles. The molecule has 9 heteroatoms. The SMILES string of the molecule is CCCOC1COC(C(COCCOC(=O)C(C)(C)C)OCCO)C1OCCO. The van der Waals surface area contributed by atoms with Crippen LogP contribution in [0.4, 0.5) is 0 Å². The maximum absolute atomic E-state index is 11.8. The fourth-order valence-corrected chi connectivity index (χ4v) is 2.78. The van der Waals surface area contributed by atoms with E-state index in [0.717, 1.165) is 6.42 Å². The molecule has 0 aliphatic carbocycles. The van der Waals surface area contributed by atoms with Crippen LogP contribution in [0.25, 0.3) is 0 Å². The first-order chi connectivity index (χ1) is 13.8. The average Bonchev–Trinajstić information content (AvgIpc) is 3.08. The van der Waals surface area contributed by atoms with Gasteiger partial charge in [-0.25, -0.2) is 0 Å². The highest BCUT2D eigenvalue weighted by atomic mass is 16.6. The molecule has 2 N–H and O–H groups in total. The maximum atomic E-state index is 11.8. The molecule has 1 fully saturated rings. The van der Waals surface area contributed by atoms with E-state index in [0.29, 0.717) is 13.2 Å². The van der Waals surface area contributed by atoms with Gasteiger partial charge in [0.15, 0.2) is 0 Å². The highest BCUT2D eigenvalue weighted by Crippen LogP contribution is 2.25. The number of esters is 1. The third kappa shape index (κ3) is 9.69. The van der Waals surface area contributed by atoms with Gasteiger partial charge in [-0.2, -0.15) is 0 Å². The largest absolute Gasteiger partial charge is 0.463 e. The lowest BCUT2D eigenvalue weighted by Gasteiger charge is -2.29. The van der Waals surface area contributed by atoms with Crippen LogP contribution in [0.15, 0.2) is 0 Å². The zero-order chi connectivity index (χ0) is 21.7. The molecule has 0 aromatic rings. The summed E-state index contributed by atoms with van der Waals surface area (Å²) in [4.78, 5) is 11.8. The van der Waals surface area contributed by atoms with Gasteiger partial charge in [0.25, 0.3) is 0 Å². The molecule has 0 bridgehead atoms. The minimum absolute atomic E-state index is 0.110. The zero-order valence-electron chi connectivity index (χ0n) is 18.1. The van der Waals surface area contributed by atoms with Gasteiger partial charge >= 0.3 is 5.97 Å². The number of aliphatic hydroxyl groups is 2. The first kappa shape index (κ1) is 26.2. The van der Waals surface area contributed by atoms with E-state index in [-0.39, 0.29) is 58.3 Å². The molecule has 1 saturated heterocycles. The molecule has 1 rings (SSSR count). The van der Waals surface area contributed by atoms with Crippen molar-refractivity contribution in [3.63, 3.8) is 0 Å². The Balaban J connectivity index is 2.58. The molecule has 0 aromatic heterocycles. The van der Waals surface area contributed by atoms with Crippen LogP contribution >= 0.6 is 0 Å². The van der Waals surface area contributed by atoms with Crippen molar-refractivity contribution in [3.8, 4) is 0 Å². The van der Waals surface area contributed by atoms with Crippen LogP contribution in [0.5, 0.6) is 0 Å².